The van der Waals surface area contributed by atoms with Crippen molar-refractivity contribution in [3.8, 4) is 0 Å². The Balaban J connectivity index is 1.49. The summed E-state index contributed by atoms with van der Waals surface area (Å²) in [5.74, 6) is 0.0441. The van der Waals surface area contributed by atoms with Crippen molar-refractivity contribution in [2.24, 2.45) is 0 Å². The summed E-state index contributed by atoms with van der Waals surface area (Å²) in [6.07, 6.45) is 2.16. The zero-order valence-corrected chi connectivity index (χ0v) is 14.9. The number of amides is 2. The maximum absolute atomic E-state index is 12.3. The molecular weight excluding hydrogens is 324 g/mol. The molecule has 1 fully saturated rings. The fourth-order valence-corrected chi connectivity index (χ4v) is 3.54. The Morgan fingerprint density at radius 1 is 1.33 bits per heavy atom. The normalized spacial score (nSPS) is 15.2. The SMILES string of the molecule is CN(Cc1nc2ccccc2s1)C(=O)C[NH+](C)CC(=O)NC1CC1. The number of carbonyl (C=O) groups excluding carboxylic acids is 2. The topological polar surface area (TPSA) is 66.7 Å². The summed E-state index contributed by atoms with van der Waals surface area (Å²) in [5, 5.41) is 3.88. The van der Waals surface area contributed by atoms with Crippen molar-refractivity contribution in [1.82, 2.24) is 15.2 Å². The second kappa shape index (κ2) is 7.27. The molecule has 1 aliphatic carbocycles. The summed E-state index contributed by atoms with van der Waals surface area (Å²) in [5.41, 5.74) is 0.970. The number of rotatable bonds is 7. The van der Waals surface area contributed by atoms with Gasteiger partial charge in [0.25, 0.3) is 11.8 Å². The first-order valence-corrected chi connectivity index (χ1v) is 9.02. The van der Waals surface area contributed by atoms with Gasteiger partial charge in [-0.25, -0.2) is 4.98 Å². The maximum Gasteiger partial charge on any atom is 0.277 e. The van der Waals surface area contributed by atoms with Crippen molar-refractivity contribution >= 4 is 33.4 Å². The van der Waals surface area contributed by atoms with Gasteiger partial charge in [0, 0.05) is 13.1 Å². The number of thiazole rings is 1. The third-order valence-electron chi connectivity index (χ3n) is 3.99. The monoisotopic (exact) mass is 347 g/mol. The van der Waals surface area contributed by atoms with Gasteiger partial charge in [-0.1, -0.05) is 12.1 Å². The standard InChI is InChI=1S/C17H22N4O2S/c1-20(9-15(22)18-12-7-8-12)11-17(23)21(2)10-16-19-13-5-3-4-6-14(13)24-16/h3-6,12H,7-11H2,1-2H3,(H,18,22)/p+1. The van der Waals surface area contributed by atoms with Gasteiger partial charge in [-0.15, -0.1) is 11.3 Å². The second-order valence-electron chi connectivity index (χ2n) is 6.48. The lowest BCUT2D eigenvalue weighted by molar-refractivity contribution is -0.863. The quantitative estimate of drug-likeness (QED) is 0.744. The predicted octanol–water partition coefficient (Wildman–Crippen LogP) is 0.0480. The van der Waals surface area contributed by atoms with Crippen LogP contribution in [-0.2, 0) is 16.1 Å². The number of nitrogens with zero attached hydrogens (tertiary/aromatic N) is 2. The van der Waals surface area contributed by atoms with Gasteiger partial charge in [-0.05, 0) is 25.0 Å². The van der Waals surface area contributed by atoms with E-state index in [2.05, 4.69) is 10.3 Å². The first kappa shape index (κ1) is 16.9. The van der Waals surface area contributed by atoms with E-state index in [4.69, 9.17) is 0 Å². The molecular formula is C17H23N4O2S+. The summed E-state index contributed by atoms with van der Waals surface area (Å²) in [4.78, 5) is 31.3. The van der Waals surface area contributed by atoms with Crippen LogP contribution in [0.15, 0.2) is 24.3 Å². The Morgan fingerprint density at radius 2 is 2.08 bits per heavy atom. The van der Waals surface area contributed by atoms with Crippen molar-refractivity contribution in [2.75, 3.05) is 27.2 Å². The van der Waals surface area contributed by atoms with Gasteiger partial charge in [-0.2, -0.15) is 0 Å². The van der Waals surface area contributed by atoms with Crippen LogP contribution in [0.4, 0.5) is 0 Å². The van der Waals surface area contributed by atoms with Gasteiger partial charge < -0.3 is 15.1 Å². The van der Waals surface area contributed by atoms with Gasteiger partial charge in [0.15, 0.2) is 13.1 Å². The molecule has 0 aliphatic heterocycles. The van der Waals surface area contributed by atoms with Crippen molar-refractivity contribution in [3.05, 3.63) is 29.3 Å². The van der Waals surface area contributed by atoms with Gasteiger partial charge in [0.2, 0.25) is 0 Å². The van der Waals surface area contributed by atoms with E-state index in [0.717, 1.165) is 33.0 Å². The van der Waals surface area contributed by atoms with E-state index in [1.165, 1.54) is 0 Å². The molecule has 3 rings (SSSR count). The van der Waals surface area contributed by atoms with Crippen LogP contribution in [0, 0.1) is 0 Å². The highest BCUT2D eigenvalue weighted by atomic mass is 32.1. The number of likely N-dealkylation sites (N-methyl/N-ethyl adjacent to an activating group) is 2. The summed E-state index contributed by atoms with van der Waals surface area (Å²) in [7, 11) is 3.65. The molecule has 24 heavy (non-hydrogen) atoms. The van der Waals surface area contributed by atoms with Crippen LogP contribution in [0.5, 0.6) is 0 Å². The molecule has 0 saturated heterocycles. The molecule has 7 heteroatoms. The number of nitrogens with one attached hydrogen (secondary N) is 2. The maximum atomic E-state index is 12.3. The molecule has 2 aromatic rings. The van der Waals surface area contributed by atoms with Gasteiger partial charge in [-0.3, -0.25) is 9.59 Å². The lowest BCUT2D eigenvalue weighted by atomic mass is 10.3. The van der Waals surface area contributed by atoms with E-state index in [-0.39, 0.29) is 11.8 Å². The third-order valence-corrected chi connectivity index (χ3v) is 5.02. The number of benzene rings is 1. The van der Waals surface area contributed by atoms with Gasteiger partial charge >= 0.3 is 0 Å². The van der Waals surface area contributed by atoms with Crippen LogP contribution in [0.2, 0.25) is 0 Å². The van der Waals surface area contributed by atoms with Crippen LogP contribution in [0.25, 0.3) is 10.2 Å². The fourth-order valence-electron chi connectivity index (χ4n) is 2.51. The molecule has 6 nitrogen and oxygen atoms in total. The van der Waals surface area contributed by atoms with E-state index >= 15 is 0 Å². The number of para-hydroxylation sites is 1. The molecule has 1 saturated carbocycles. The van der Waals surface area contributed by atoms with Crippen molar-refractivity contribution < 1.29 is 14.5 Å². The molecule has 2 N–H and O–H groups in total. The first-order valence-electron chi connectivity index (χ1n) is 8.20. The van der Waals surface area contributed by atoms with E-state index in [9.17, 15) is 9.59 Å². The zero-order chi connectivity index (χ0) is 17.1. The number of aromatic nitrogens is 1. The lowest BCUT2D eigenvalue weighted by Gasteiger charge is -2.18. The highest BCUT2D eigenvalue weighted by Gasteiger charge is 2.25. The molecule has 1 unspecified atom stereocenters. The molecule has 0 bridgehead atoms. The van der Waals surface area contributed by atoms with Crippen LogP contribution in [-0.4, -0.2) is 54.9 Å². The number of fused-ring (bicyclic) bond motifs is 1. The van der Waals surface area contributed by atoms with E-state index in [1.54, 1.807) is 23.3 Å². The van der Waals surface area contributed by atoms with Crippen LogP contribution in [0.1, 0.15) is 17.8 Å². The molecule has 2 amide bonds. The predicted molar refractivity (Wildman–Crippen MR) is 93.9 cm³/mol. The summed E-state index contributed by atoms with van der Waals surface area (Å²) in [6.45, 7) is 1.14. The minimum atomic E-state index is 0.0194. The molecule has 1 heterocycles. The minimum Gasteiger partial charge on any atom is -0.348 e. The number of carbonyl (C=O) groups is 2. The Labute approximate surface area is 145 Å². The third kappa shape index (κ3) is 4.52. The smallest absolute Gasteiger partial charge is 0.277 e. The highest BCUT2D eigenvalue weighted by Crippen LogP contribution is 2.22. The van der Waals surface area contributed by atoms with Gasteiger partial charge in [0.05, 0.1) is 23.8 Å². The average Bonchev–Trinajstić information content (AvgIpc) is 3.23. The summed E-state index contributed by atoms with van der Waals surface area (Å²) < 4.78 is 1.13. The zero-order valence-electron chi connectivity index (χ0n) is 14.0. The number of hydrogen-bond acceptors (Lipinski definition) is 4. The molecule has 1 aliphatic rings. The Bertz CT molecular complexity index is 708. The Morgan fingerprint density at radius 3 is 2.79 bits per heavy atom. The molecule has 1 aromatic carbocycles. The second-order valence-corrected chi connectivity index (χ2v) is 7.59. The average molecular weight is 347 g/mol. The summed E-state index contributed by atoms with van der Waals surface area (Å²) >= 11 is 1.61. The van der Waals surface area contributed by atoms with Gasteiger partial charge in [0.1, 0.15) is 5.01 Å². The van der Waals surface area contributed by atoms with Crippen LogP contribution >= 0.6 is 11.3 Å². The lowest BCUT2D eigenvalue weighted by Crippen LogP contribution is -3.11. The Hall–Kier alpha value is -1.99. The van der Waals surface area contributed by atoms with E-state index < -0.39 is 0 Å². The minimum absolute atomic E-state index is 0.0194. The fraction of sp³-hybridized carbons (Fsp3) is 0.471. The Kier molecular flexibility index (Phi) is 5.11. The largest absolute Gasteiger partial charge is 0.348 e. The first-order chi connectivity index (χ1) is 11.5. The molecule has 1 atom stereocenters. The van der Waals surface area contributed by atoms with E-state index in [1.807, 2.05) is 31.3 Å². The molecule has 1 aromatic heterocycles. The highest BCUT2D eigenvalue weighted by molar-refractivity contribution is 7.18. The molecule has 0 radical (unpaired) electrons. The van der Waals surface area contributed by atoms with Crippen molar-refractivity contribution in [3.63, 3.8) is 0 Å². The number of quaternary nitrogens is 1. The van der Waals surface area contributed by atoms with Crippen molar-refractivity contribution in [2.45, 2.75) is 25.4 Å². The van der Waals surface area contributed by atoms with Crippen LogP contribution in [0.3, 0.4) is 0 Å². The summed E-state index contributed by atoms with van der Waals surface area (Å²) in [6, 6.07) is 8.33. The molecule has 128 valence electrons. The number of hydrogen-bond donors (Lipinski definition) is 2. The van der Waals surface area contributed by atoms with Crippen LogP contribution < -0.4 is 10.2 Å². The molecule has 0 spiro atoms. The van der Waals surface area contributed by atoms with E-state index in [0.29, 0.717) is 25.7 Å². The van der Waals surface area contributed by atoms with Crippen molar-refractivity contribution in [1.29, 1.82) is 0 Å².